The number of hydrogen-bond donors (Lipinski definition) is 0. The smallest absolute Gasteiger partial charge is 0.312 e. The second-order valence-corrected chi connectivity index (χ2v) is 4.98. The Hall–Kier alpha value is -2.94. The molecule has 3 rings (SSSR count). The summed E-state index contributed by atoms with van der Waals surface area (Å²) in [5.74, 6) is -0.423. The average molecular weight is 289 g/mol. The highest BCUT2D eigenvalue weighted by Crippen LogP contribution is 2.18. The molecule has 108 valence electrons. The molecule has 0 saturated heterocycles. The van der Waals surface area contributed by atoms with Crippen molar-refractivity contribution >= 4 is 17.8 Å². The van der Waals surface area contributed by atoms with Gasteiger partial charge in [0.15, 0.2) is 0 Å². The van der Waals surface area contributed by atoms with Gasteiger partial charge in [0.1, 0.15) is 5.71 Å². The normalized spacial score (nSPS) is 16.1. The number of carbonyl (C=O) groups excluding carboxylic acids is 1. The van der Waals surface area contributed by atoms with Gasteiger partial charge < -0.3 is 4.84 Å². The van der Waals surface area contributed by atoms with Gasteiger partial charge in [-0.3, -0.25) is 0 Å². The lowest BCUT2D eigenvalue weighted by Gasteiger charge is -1.99. The molecule has 0 N–H and O–H groups in total. The first-order valence-corrected chi connectivity index (χ1v) is 7.05. The van der Waals surface area contributed by atoms with E-state index in [1.165, 1.54) is 5.56 Å². The van der Waals surface area contributed by atoms with Crippen LogP contribution in [-0.2, 0) is 9.63 Å². The van der Waals surface area contributed by atoms with Gasteiger partial charge in [-0.15, -0.1) is 0 Å². The molecular weight excluding hydrogens is 274 g/mol. The molecule has 1 aliphatic heterocycles. The minimum absolute atomic E-state index is 0.423. The first-order chi connectivity index (χ1) is 10.8. The van der Waals surface area contributed by atoms with Crippen LogP contribution in [0.1, 0.15) is 16.7 Å². The van der Waals surface area contributed by atoms with Crippen LogP contribution >= 0.6 is 0 Å². The predicted octanol–water partition coefficient (Wildman–Crippen LogP) is 3.90. The first kappa shape index (κ1) is 14.0. The summed E-state index contributed by atoms with van der Waals surface area (Å²) in [4.78, 5) is 16.6. The van der Waals surface area contributed by atoms with Gasteiger partial charge in [0.05, 0.1) is 5.57 Å². The van der Waals surface area contributed by atoms with Crippen LogP contribution in [0.3, 0.4) is 0 Å². The van der Waals surface area contributed by atoms with Crippen molar-refractivity contribution < 1.29 is 9.63 Å². The third-order valence-corrected chi connectivity index (χ3v) is 3.47. The molecular formula is C19H15NO2. The van der Waals surface area contributed by atoms with E-state index in [9.17, 15) is 4.79 Å². The molecule has 1 aliphatic rings. The summed E-state index contributed by atoms with van der Waals surface area (Å²) in [5, 5.41) is 3.88. The number of nitrogens with zero attached hydrogens (tertiary/aromatic N) is 1. The van der Waals surface area contributed by atoms with Crippen LogP contribution in [0.5, 0.6) is 0 Å². The van der Waals surface area contributed by atoms with Gasteiger partial charge in [-0.25, -0.2) is 4.79 Å². The Bertz CT molecular complexity index is 786. The van der Waals surface area contributed by atoms with E-state index < -0.39 is 5.97 Å². The number of rotatable bonds is 3. The molecule has 0 spiro atoms. The third kappa shape index (κ3) is 2.88. The molecule has 1 heterocycles. The summed E-state index contributed by atoms with van der Waals surface area (Å²) >= 11 is 0. The van der Waals surface area contributed by atoms with Gasteiger partial charge in [-0.05, 0) is 24.1 Å². The summed E-state index contributed by atoms with van der Waals surface area (Å²) in [5.41, 5.74) is 4.20. The van der Waals surface area contributed by atoms with Crippen molar-refractivity contribution in [3.05, 3.63) is 89.0 Å². The van der Waals surface area contributed by atoms with E-state index in [1.54, 1.807) is 6.08 Å². The molecule has 3 heteroatoms. The van der Waals surface area contributed by atoms with E-state index >= 15 is 0 Å². The fourth-order valence-electron chi connectivity index (χ4n) is 2.26. The fourth-order valence-corrected chi connectivity index (χ4v) is 2.26. The second kappa shape index (κ2) is 6.22. The highest BCUT2D eigenvalue weighted by Gasteiger charge is 2.25. The third-order valence-electron chi connectivity index (χ3n) is 3.47. The Kier molecular flexibility index (Phi) is 3.97. The van der Waals surface area contributed by atoms with Crippen molar-refractivity contribution in [3.8, 4) is 0 Å². The van der Waals surface area contributed by atoms with Gasteiger partial charge in [-0.2, -0.15) is 0 Å². The van der Waals surface area contributed by atoms with Crippen LogP contribution in [-0.4, -0.2) is 11.7 Å². The van der Waals surface area contributed by atoms with E-state index in [-0.39, 0.29) is 0 Å². The highest BCUT2D eigenvalue weighted by molar-refractivity contribution is 6.29. The van der Waals surface area contributed by atoms with E-state index in [0.717, 1.165) is 11.1 Å². The largest absolute Gasteiger partial charge is 0.368 e. The molecule has 0 unspecified atom stereocenters. The van der Waals surface area contributed by atoms with Crippen molar-refractivity contribution in [1.29, 1.82) is 0 Å². The molecule has 2 aromatic carbocycles. The Labute approximate surface area is 129 Å². The molecule has 0 saturated carbocycles. The number of hydrogen-bond acceptors (Lipinski definition) is 3. The number of allylic oxidation sites excluding steroid dienone is 2. The lowest BCUT2D eigenvalue weighted by Crippen LogP contribution is -2.06. The van der Waals surface area contributed by atoms with Gasteiger partial charge >= 0.3 is 5.97 Å². The van der Waals surface area contributed by atoms with Crippen LogP contribution in [0.25, 0.3) is 6.08 Å². The Morgan fingerprint density at radius 1 is 1.00 bits per heavy atom. The quantitative estimate of drug-likeness (QED) is 0.635. The van der Waals surface area contributed by atoms with Gasteiger partial charge in [-0.1, -0.05) is 71.9 Å². The minimum Gasteiger partial charge on any atom is -0.312 e. The van der Waals surface area contributed by atoms with E-state index in [4.69, 9.17) is 4.84 Å². The van der Waals surface area contributed by atoms with Crippen molar-refractivity contribution in [2.24, 2.45) is 5.16 Å². The first-order valence-electron chi connectivity index (χ1n) is 7.05. The van der Waals surface area contributed by atoms with E-state index in [2.05, 4.69) is 5.16 Å². The second-order valence-electron chi connectivity index (χ2n) is 4.98. The summed E-state index contributed by atoms with van der Waals surface area (Å²) < 4.78 is 0. The Balaban J connectivity index is 1.88. The molecule has 0 bridgehead atoms. The lowest BCUT2D eigenvalue weighted by molar-refractivity contribution is -0.136. The maximum atomic E-state index is 11.8. The van der Waals surface area contributed by atoms with Gasteiger partial charge in [0.2, 0.25) is 0 Å². The molecule has 2 aromatic rings. The van der Waals surface area contributed by atoms with E-state index in [0.29, 0.717) is 11.3 Å². The molecule has 0 radical (unpaired) electrons. The number of oxime groups is 1. The summed E-state index contributed by atoms with van der Waals surface area (Å²) in [6, 6.07) is 17.6. The maximum absolute atomic E-state index is 11.8. The van der Waals surface area contributed by atoms with Crippen LogP contribution in [0.2, 0.25) is 0 Å². The molecule has 0 aliphatic carbocycles. The topological polar surface area (TPSA) is 38.7 Å². The SMILES string of the molecule is Cc1ccccc1/C=C/C=C1/C(=O)ON=C1c1ccccc1. The summed E-state index contributed by atoms with van der Waals surface area (Å²) in [6.45, 7) is 2.05. The zero-order valence-electron chi connectivity index (χ0n) is 12.2. The lowest BCUT2D eigenvalue weighted by atomic mass is 10.0. The molecule has 0 aromatic heterocycles. The van der Waals surface area contributed by atoms with Crippen LogP contribution in [0.4, 0.5) is 0 Å². The fraction of sp³-hybridized carbons (Fsp3) is 0.0526. The monoisotopic (exact) mass is 289 g/mol. The van der Waals surface area contributed by atoms with Gasteiger partial charge in [0.25, 0.3) is 0 Å². The van der Waals surface area contributed by atoms with Crippen molar-refractivity contribution in [2.45, 2.75) is 6.92 Å². The van der Waals surface area contributed by atoms with E-state index in [1.807, 2.05) is 73.7 Å². The van der Waals surface area contributed by atoms with Crippen molar-refractivity contribution in [1.82, 2.24) is 0 Å². The standard InChI is InChI=1S/C19H15NO2/c1-14-8-5-6-9-15(14)12-7-13-17-18(20-22-19(17)21)16-10-3-2-4-11-16/h2-13H,1H3/b12-7+,17-13+. The summed E-state index contributed by atoms with van der Waals surface area (Å²) in [6.07, 6.45) is 5.56. The molecule has 0 amide bonds. The molecule has 0 atom stereocenters. The summed E-state index contributed by atoms with van der Waals surface area (Å²) in [7, 11) is 0. The minimum atomic E-state index is -0.423. The van der Waals surface area contributed by atoms with Crippen molar-refractivity contribution in [2.75, 3.05) is 0 Å². The Morgan fingerprint density at radius 2 is 1.73 bits per heavy atom. The number of benzene rings is 2. The van der Waals surface area contributed by atoms with Crippen LogP contribution in [0, 0.1) is 6.92 Å². The van der Waals surface area contributed by atoms with Gasteiger partial charge in [0, 0.05) is 5.56 Å². The zero-order chi connectivity index (χ0) is 15.4. The molecule has 3 nitrogen and oxygen atoms in total. The average Bonchev–Trinajstić information content (AvgIpc) is 2.91. The van der Waals surface area contributed by atoms with Crippen LogP contribution < -0.4 is 0 Å². The molecule has 22 heavy (non-hydrogen) atoms. The van der Waals surface area contributed by atoms with Crippen molar-refractivity contribution in [3.63, 3.8) is 0 Å². The zero-order valence-corrected chi connectivity index (χ0v) is 12.2. The number of aryl methyl sites for hydroxylation is 1. The maximum Gasteiger partial charge on any atom is 0.368 e. The highest BCUT2D eigenvalue weighted by atomic mass is 16.7. The predicted molar refractivity (Wildman–Crippen MR) is 87.4 cm³/mol. The molecule has 0 fully saturated rings. The Morgan fingerprint density at radius 3 is 2.50 bits per heavy atom. The van der Waals surface area contributed by atoms with Crippen LogP contribution in [0.15, 0.2) is 77.5 Å². The number of carbonyl (C=O) groups is 1.